The molecule has 0 radical (unpaired) electrons. The van der Waals surface area contributed by atoms with Crippen molar-refractivity contribution >= 4 is 5.97 Å². The summed E-state index contributed by atoms with van der Waals surface area (Å²) >= 11 is 0. The molecule has 1 aromatic rings. The molecule has 0 heterocycles. The summed E-state index contributed by atoms with van der Waals surface area (Å²) in [5, 5.41) is 12.4. The number of hydrogen-bond acceptors (Lipinski definition) is 4. The second kappa shape index (κ2) is 10.3. The van der Waals surface area contributed by atoms with Gasteiger partial charge in [0, 0.05) is 0 Å². The van der Waals surface area contributed by atoms with Gasteiger partial charge in [0.25, 0.3) is 0 Å². The van der Waals surface area contributed by atoms with Gasteiger partial charge < -0.3 is 15.2 Å². The van der Waals surface area contributed by atoms with E-state index in [1.54, 1.807) is 32.2 Å². The first-order chi connectivity index (χ1) is 9.60. The molecule has 4 heteroatoms. The first kappa shape index (κ1) is 18.4. The van der Waals surface area contributed by atoms with Gasteiger partial charge in [-0.25, -0.2) is 4.79 Å². The van der Waals surface area contributed by atoms with Crippen molar-refractivity contribution in [2.24, 2.45) is 0 Å². The van der Waals surface area contributed by atoms with Crippen LogP contribution in [0.15, 0.2) is 18.2 Å². The number of phenolic OH excluding ortho intramolecular Hbond substituents is 1. The summed E-state index contributed by atoms with van der Waals surface area (Å²) < 4.78 is 5.20. The molecule has 0 aromatic heterocycles. The Bertz CT molecular complexity index is 405. The SMILES string of the molecule is CC.CCCCOC(=O)C(NC)c1ccc(O)c(C)c1. The quantitative estimate of drug-likeness (QED) is 0.620. The fourth-order valence-electron chi connectivity index (χ4n) is 1.68. The lowest BCUT2D eigenvalue weighted by molar-refractivity contribution is -0.146. The lowest BCUT2D eigenvalue weighted by Crippen LogP contribution is -2.27. The van der Waals surface area contributed by atoms with E-state index in [2.05, 4.69) is 5.32 Å². The Morgan fingerprint density at radius 2 is 2.05 bits per heavy atom. The number of esters is 1. The zero-order chi connectivity index (χ0) is 15.5. The van der Waals surface area contributed by atoms with Crippen molar-refractivity contribution < 1.29 is 14.6 Å². The lowest BCUT2D eigenvalue weighted by Gasteiger charge is -2.16. The minimum absolute atomic E-state index is 0.230. The molecule has 2 N–H and O–H groups in total. The van der Waals surface area contributed by atoms with Crippen LogP contribution in [0.2, 0.25) is 0 Å². The van der Waals surface area contributed by atoms with Crippen molar-refractivity contribution in [1.82, 2.24) is 5.32 Å². The Balaban J connectivity index is 0.00000172. The molecule has 20 heavy (non-hydrogen) atoms. The molecule has 0 bridgehead atoms. The van der Waals surface area contributed by atoms with Crippen LogP contribution in [0.5, 0.6) is 5.75 Å². The summed E-state index contributed by atoms with van der Waals surface area (Å²) in [5.41, 5.74) is 1.54. The molecule has 0 spiro atoms. The molecule has 0 aliphatic carbocycles. The maximum atomic E-state index is 11.9. The van der Waals surface area contributed by atoms with E-state index < -0.39 is 6.04 Å². The van der Waals surface area contributed by atoms with Gasteiger partial charge in [-0.05, 0) is 37.6 Å². The topological polar surface area (TPSA) is 58.6 Å². The van der Waals surface area contributed by atoms with Crippen molar-refractivity contribution in [2.45, 2.75) is 46.6 Å². The number of unbranched alkanes of at least 4 members (excludes halogenated alkanes) is 1. The lowest BCUT2D eigenvalue weighted by atomic mass is 10.0. The van der Waals surface area contributed by atoms with Gasteiger partial charge >= 0.3 is 5.97 Å². The number of aryl methyl sites for hydroxylation is 1. The third-order valence-corrected chi connectivity index (χ3v) is 2.82. The highest BCUT2D eigenvalue weighted by Crippen LogP contribution is 2.22. The second-order valence-electron chi connectivity index (χ2n) is 4.29. The number of rotatable bonds is 6. The number of carbonyl (C=O) groups excluding carboxylic acids is 1. The van der Waals surface area contributed by atoms with Crippen LogP contribution in [-0.2, 0) is 9.53 Å². The fraction of sp³-hybridized carbons (Fsp3) is 0.562. The summed E-state index contributed by atoms with van der Waals surface area (Å²) in [6.07, 6.45) is 1.87. The minimum Gasteiger partial charge on any atom is -0.508 e. The summed E-state index contributed by atoms with van der Waals surface area (Å²) in [6.45, 7) is 8.30. The predicted octanol–water partition coefficient (Wildman–Crippen LogP) is 3.33. The van der Waals surface area contributed by atoms with Crippen molar-refractivity contribution in [3.63, 3.8) is 0 Å². The zero-order valence-electron chi connectivity index (χ0n) is 13.2. The van der Waals surface area contributed by atoms with E-state index in [0.29, 0.717) is 6.61 Å². The largest absolute Gasteiger partial charge is 0.508 e. The maximum absolute atomic E-state index is 11.9. The molecule has 0 amide bonds. The van der Waals surface area contributed by atoms with Gasteiger partial charge in [0.2, 0.25) is 0 Å². The molecule has 1 unspecified atom stereocenters. The maximum Gasteiger partial charge on any atom is 0.327 e. The molecule has 114 valence electrons. The standard InChI is InChI=1S/C14H21NO3.C2H6/c1-4-5-8-18-14(17)13(15-3)11-6-7-12(16)10(2)9-11;1-2/h6-7,9,13,15-16H,4-5,8H2,1-3H3;1-2H3. The molecular weight excluding hydrogens is 254 g/mol. The number of phenols is 1. The summed E-state index contributed by atoms with van der Waals surface area (Å²) in [7, 11) is 1.72. The van der Waals surface area contributed by atoms with Gasteiger partial charge in [0.15, 0.2) is 0 Å². The van der Waals surface area contributed by atoms with Crippen LogP contribution in [0, 0.1) is 6.92 Å². The molecule has 0 aliphatic heterocycles. The van der Waals surface area contributed by atoms with Crippen molar-refractivity contribution in [3.05, 3.63) is 29.3 Å². The van der Waals surface area contributed by atoms with Crippen LogP contribution < -0.4 is 5.32 Å². The molecular formula is C16H27NO3. The zero-order valence-corrected chi connectivity index (χ0v) is 13.2. The minimum atomic E-state index is -0.485. The van der Waals surface area contributed by atoms with Crippen LogP contribution in [0.3, 0.4) is 0 Å². The smallest absolute Gasteiger partial charge is 0.327 e. The van der Waals surface area contributed by atoms with Crippen molar-refractivity contribution in [3.8, 4) is 5.75 Å². The molecule has 1 atom stereocenters. The van der Waals surface area contributed by atoms with Gasteiger partial charge in [-0.3, -0.25) is 0 Å². The van der Waals surface area contributed by atoms with E-state index in [4.69, 9.17) is 4.74 Å². The van der Waals surface area contributed by atoms with Crippen LogP contribution in [0.4, 0.5) is 0 Å². The first-order valence-electron chi connectivity index (χ1n) is 7.23. The molecule has 1 rings (SSSR count). The number of carbonyl (C=O) groups is 1. The van der Waals surface area contributed by atoms with Crippen molar-refractivity contribution in [2.75, 3.05) is 13.7 Å². The van der Waals surface area contributed by atoms with E-state index in [1.807, 2.05) is 20.8 Å². The monoisotopic (exact) mass is 281 g/mol. The Labute approximate surface area is 122 Å². The number of nitrogens with one attached hydrogen (secondary N) is 1. The van der Waals surface area contributed by atoms with Gasteiger partial charge in [0.1, 0.15) is 11.8 Å². The van der Waals surface area contributed by atoms with E-state index in [9.17, 15) is 9.90 Å². The molecule has 0 saturated carbocycles. The molecule has 4 nitrogen and oxygen atoms in total. The van der Waals surface area contributed by atoms with Crippen LogP contribution >= 0.6 is 0 Å². The summed E-state index contributed by atoms with van der Waals surface area (Å²) in [4.78, 5) is 11.9. The third-order valence-electron chi connectivity index (χ3n) is 2.82. The fourth-order valence-corrected chi connectivity index (χ4v) is 1.68. The Morgan fingerprint density at radius 3 is 2.55 bits per heavy atom. The number of ether oxygens (including phenoxy) is 1. The Kier molecular flexibility index (Phi) is 9.47. The van der Waals surface area contributed by atoms with E-state index in [0.717, 1.165) is 24.0 Å². The van der Waals surface area contributed by atoms with Crippen molar-refractivity contribution in [1.29, 1.82) is 0 Å². The number of aromatic hydroxyl groups is 1. The normalized spacial score (nSPS) is 11.2. The van der Waals surface area contributed by atoms with Crippen LogP contribution in [0.1, 0.15) is 50.8 Å². The molecule has 0 fully saturated rings. The number of benzene rings is 1. The van der Waals surface area contributed by atoms with Gasteiger partial charge in [0.05, 0.1) is 6.61 Å². The average Bonchev–Trinajstić information content (AvgIpc) is 2.46. The highest BCUT2D eigenvalue weighted by molar-refractivity contribution is 5.77. The predicted molar refractivity (Wildman–Crippen MR) is 81.9 cm³/mol. The van der Waals surface area contributed by atoms with Crippen LogP contribution in [-0.4, -0.2) is 24.7 Å². The van der Waals surface area contributed by atoms with Gasteiger partial charge in [-0.15, -0.1) is 0 Å². The molecule has 1 aromatic carbocycles. The third kappa shape index (κ3) is 5.61. The van der Waals surface area contributed by atoms with E-state index in [-0.39, 0.29) is 11.7 Å². The van der Waals surface area contributed by atoms with Crippen LogP contribution in [0.25, 0.3) is 0 Å². The van der Waals surface area contributed by atoms with E-state index >= 15 is 0 Å². The second-order valence-corrected chi connectivity index (χ2v) is 4.29. The average molecular weight is 281 g/mol. The summed E-state index contributed by atoms with van der Waals surface area (Å²) in [6, 6.07) is 4.62. The van der Waals surface area contributed by atoms with Gasteiger partial charge in [-0.1, -0.05) is 39.3 Å². The first-order valence-corrected chi connectivity index (χ1v) is 7.23. The highest BCUT2D eigenvalue weighted by Gasteiger charge is 2.20. The molecule has 0 saturated heterocycles. The number of hydrogen-bond donors (Lipinski definition) is 2. The molecule has 0 aliphatic rings. The Hall–Kier alpha value is -1.55. The highest BCUT2D eigenvalue weighted by atomic mass is 16.5. The summed E-state index contributed by atoms with van der Waals surface area (Å²) in [5.74, 6) is -0.0519. The Morgan fingerprint density at radius 1 is 1.40 bits per heavy atom. The number of likely N-dealkylation sites (N-methyl/N-ethyl adjacent to an activating group) is 1. The van der Waals surface area contributed by atoms with Gasteiger partial charge in [-0.2, -0.15) is 0 Å². The van der Waals surface area contributed by atoms with E-state index in [1.165, 1.54) is 0 Å².